The fourth-order valence-corrected chi connectivity index (χ4v) is 7.37. The normalized spacial score (nSPS) is 17.9. The first kappa shape index (κ1) is 41.9. The quantitative estimate of drug-likeness (QED) is 0.158. The minimum absolute atomic E-state index is 0. The maximum absolute atomic E-state index is 5.43. The van der Waals surface area contributed by atoms with Crippen molar-refractivity contribution in [2.75, 3.05) is 0 Å². The van der Waals surface area contributed by atoms with Crippen molar-refractivity contribution in [2.45, 2.75) is 89.4 Å². The van der Waals surface area contributed by atoms with Gasteiger partial charge in [-0.2, -0.15) is 49.2 Å². The molecule has 0 fully saturated rings. The standard InChI is InChI=1S/C36H40N4.2C7H7.Zr/c1-35(2,3)29-19-11-13-23(39-29)21-37-33-31-25-15-7-9-17-27(25)32(28-18-10-8-16-26(28)31)34(33)38-22-24-14-12-20-30(40-24)36(4,5)6;2*1-7-5-3-2-4-6-7;/h7-20,31-34H,21-22H2,1-6H3;2*2-6H,1H2;/q-2;2*-1;+4/t31?,32?,33-,34-;;;/m1.../s1. The van der Waals surface area contributed by atoms with Crippen LogP contribution in [0, 0.1) is 13.8 Å². The zero-order valence-corrected chi connectivity index (χ0v) is 35.7. The molecule has 2 atom stereocenters. The molecule has 2 bridgehead atoms. The van der Waals surface area contributed by atoms with Crippen LogP contribution >= 0.6 is 0 Å². The largest absolute Gasteiger partial charge is 4.00 e. The minimum Gasteiger partial charge on any atom is -0.655 e. The average Bonchev–Trinajstić information content (AvgIpc) is 3.17. The van der Waals surface area contributed by atoms with Crippen molar-refractivity contribution in [1.29, 1.82) is 0 Å². The third-order valence-corrected chi connectivity index (χ3v) is 10.1. The predicted octanol–water partition coefficient (Wildman–Crippen LogP) is 12.3. The third kappa shape index (κ3) is 10.5. The van der Waals surface area contributed by atoms with Crippen molar-refractivity contribution >= 4 is 0 Å². The number of fused-ring (bicyclic) bond motifs is 1. The van der Waals surface area contributed by atoms with Gasteiger partial charge in [0.15, 0.2) is 0 Å². The van der Waals surface area contributed by atoms with Gasteiger partial charge in [-0.1, -0.05) is 114 Å². The zero-order chi connectivity index (χ0) is 38.3. The van der Waals surface area contributed by atoms with Gasteiger partial charge >= 0.3 is 26.2 Å². The summed E-state index contributed by atoms with van der Waals surface area (Å²) in [5.74, 6) is 0.372. The summed E-state index contributed by atoms with van der Waals surface area (Å²) in [6.45, 7) is 21.9. The molecular weight excluding hydrogens is 748 g/mol. The molecule has 278 valence electrons. The Labute approximate surface area is 349 Å². The second kappa shape index (κ2) is 18.6. The van der Waals surface area contributed by atoms with Crippen LogP contribution in [0.1, 0.15) is 110 Å². The molecule has 4 aromatic carbocycles. The fraction of sp³-hybridized carbons (Fsp3) is 0.280. The summed E-state index contributed by atoms with van der Waals surface area (Å²) in [6.07, 6.45) is 0. The van der Waals surface area contributed by atoms with Crippen LogP contribution in [-0.2, 0) is 50.1 Å². The Kier molecular flexibility index (Phi) is 14.1. The molecule has 9 rings (SSSR count). The summed E-state index contributed by atoms with van der Waals surface area (Å²) in [5.41, 5.74) is 12.0. The number of aromatic nitrogens is 2. The van der Waals surface area contributed by atoms with E-state index in [1.165, 1.54) is 22.3 Å². The molecule has 2 heterocycles. The molecule has 5 heteroatoms. The van der Waals surface area contributed by atoms with E-state index in [-0.39, 0.29) is 61.0 Å². The molecular formula is C50H54N4Zr. The fourth-order valence-electron chi connectivity index (χ4n) is 7.37. The summed E-state index contributed by atoms with van der Waals surface area (Å²) in [4.78, 5) is 9.99. The molecule has 0 radical (unpaired) electrons. The van der Waals surface area contributed by atoms with Gasteiger partial charge in [-0.3, -0.25) is 9.97 Å². The zero-order valence-electron chi connectivity index (χ0n) is 33.3. The van der Waals surface area contributed by atoms with Crippen LogP contribution < -0.4 is 0 Å². The summed E-state index contributed by atoms with van der Waals surface area (Å²) < 4.78 is 0. The monoisotopic (exact) mass is 800 g/mol. The van der Waals surface area contributed by atoms with Crippen LogP contribution in [0.4, 0.5) is 0 Å². The average molecular weight is 802 g/mol. The minimum atomic E-state index is 0. The van der Waals surface area contributed by atoms with E-state index in [9.17, 15) is 0 Å². The van der Waals surface area contributed by atoms with Crippen LogP contribution in [0.3, 0.4) is 0 Å². The van der Waals surface area contributed by atoms with Gasteiger partial charge in [-0.25, -0.2) is 0 Å². The number of nitrogens with zero attached hydrogens (tertiary/aromatic N) is 4. The number of hydrogen-bond donors (Lipinski definition) is 0. The van der Waals surface area contributed by atoms with Gasteiger partial charge < -0.3 is 10.6 Å². The molecule has 0 saturated heterocycles. The van der Waals surface area contributed by atoms with Crippen LogP contribution in [0.2, 0.25) is 0 Å². The number of rotatable bonds is 6. The summed E-state index contributed by atoms with van der Waals surface area (Å²) in [7, 11) is 0. The van der Waals surface area contributed by atoms with E-state index in [1.54, 1.807) is 0 Å². The Morgan fingerprint density at radius 1 is 0.436 bits per heavy atom. The molecule has 3 aliphatic rings. The van der Waals surface area contributed by atoms with Gasteiger partial charge in [-0.05, 0) is 58.4 Å². The maximum atomic E-state index is 5.43. The maximum Gasteiger partial charge on any atom is 4.00 e. The second-order valence-electron chi connectivity index (χ2n) is 16.4. The first-order valence-corrected chi connectivity index (χ1v) is 19.1. The Bertz CT molecular complexity index is 1900. The van der Waals surface area contributed by atoms with Crippen LogP contribution in [0.15, 0.2) is 146 Å². The van der Waals surface area contributed by atoms with Gasteiger partial charge in [0.2, 0.25) is 0 Å². The van der Waals surface area contributed by atoms with Crippen molar-refractivity contribution in [3.63, 3.8) is 0 Å². The molecule has 3 aliphatic carbocycles. The van der Waals surface area contributed by atoms with Gasteiger partial charge in [0.05, 0.1) is 0 Å². The van der Waals surface area contributed by atoms with E-state index in [0.29, 0.717) is 13.1 Å². The first-order valence-electron chi connectivity index (χ1n) is 19.1. The Balaban J connectivity index is 0.000000324. The Morgan fingerprint density at radius 2 is 0.745 bits per heavy atom. The first-order chi connectivity index (χ1) is 25.9. The SMILES string of the molecule is CC(C)(C)c1cccc(C[N-][C@@H]2C3c4ccccc4C(c4ccccc43)[C@H]2[N-]Cc2cccc(C(C)(C)C)n2)n1.[CH2-]c1ccccc1.[CH2-]c1ccccc1.[Zr+4]. The van der Waals surface area contributed by atoms with E-state index in [4.69, 9.17) is 20.6 Å². The van der Waals surface area contributed by atoms with Gasteiger partial charge in [0.1, 0.15) is 0 Å². The van der Waals surface area contributed by atoms with Crippen LogP contribution in [0.25, 0.3) is 10.6 Å². The van der Waals surface area contributed by atoms with Crippen molar-refractivity contribution in [1.82, 2.24) is 9.97 Å². The number of pyridine rings is 2. The summed E-state index contributed by atoms with van der Waals surface area (Å²) in [6, 6.07) is 50.4. The summed E-state index contributed by atoms with van der Waals surface area (Å²) >= 11 is 0. The molecule has 55 heavy (non-hydrogen) atoms. The van der Waals surface area contributed by atoms with E-state index < -0.39 is 0 Å². The van der Waals surface area contributed by atoms with Crippen LogP contribution in [0.5, 0.6) is 0 Å². The smallest absolute Gasteiger partial charge is 0.655 e. The van der Waals surface area contributed by atoms with Crippen molar-refractivity contribution in [3.8, 4) is 0 Å². The predicted molar refractivity (Wildman–Crippen MR) is 226 cm³/mol. The molecule has 4 nitrogen and oxygen atoms in total. The molecule has 0 amide bonds. The van der Waals surface area contributed by atoms with E-state index in [0.717, 1.165) is 33.9 Å². The second-order valence-corrected chi connectivity index (χ2v) is 16.4. The topological polar surface area (TPSA) is 54.0 Å². The van der Waals surface area contributed by atoms with Crippen molar-refractivity contribution in [2.24, 2.45) is 0 Å². The Morgan fingerprint density at radius 3 is 1.02 bits per heavy atom. The van der Waals surface area contributed by atoms with Gasteiger partial charge in [0, 0.05) is 33.6 Å². The third-order valence-electron chi connectivity index (χ3n) is 10.1. The molecule has 0 unspecified atom stereocenters. The van der Waals surface area contributed by atoms with Gasteiger partial charge in [-0.15, -0.1) is 49.4 Å². The molecule has 6 aromatic rings. The van der Waals surface area contributed by atoms with E-state index >= 15 is 0 Å². The molecule has 2 aromatic heterocycles. The van der Waals surface area contributed by atoms with Crippen LogP contribution in [-0.4, -0.2) is 22.1 Å². The molecule has 0 spiro atoms. The van der Waals surface area contributed by atoms with Gasteiger partial charge in [0.25, 0.3) is 0 Å². The van der Waals surface area contributed by atoms with E-state index in [1.807, 2.05) is 60.7 Å². The number of hydrogen-bond acceptors (Lipinski definition) is 2. The Hall–Kier alpha value is -4.28. The summed E-state index contributed by atoms with van der Waals surface area (Å²) in [5, 5.41) is 10.9. The number of benzene rings is 4. The molecule has 0 aliphatic heterocycles. The molecule has 0 saturated carbocycles. The van der Waals surface area contributed by atoms with Crippen molar-refractivity contribution < 1.29 is 26.2 Å². The van der Waals surface area contributed by atoms with Crippen molar-refractivity contribution in [3.05, 3.63) is 226 Å². The van der Waals surface area contributed by atoms with E-state index in [2.05, 4.69) is 140 Å². The molecule has 0 N–H and O–H groups in total.